The fourth-order valence-electron chi connectivity index (χ4n) is 4.03. The van der Waals surface area contributed by atoms with Crippen molar-refractivity contribution in [3.05, 3.63) is 114 Å². The molecular weight excluding hydrogens is 388 g/mol. The molecule has 0 radical (unpaired) electrons. The van der Waals surface area contributed by atoms with Gasteiger partial charge in [-0.15, -0.1) is 0 Å². The van der Waals surface area contributed by atoms with Crippen molar-refractivity contribution >= 4 is 23.0 Å². The van der Waals surface area contributed by atoms with E-state index < -0.39 is 0 Å². The normalized spacial score (nSPS) is 18.4. The van der Waals surface area contributed by atoms with Crippen molar-refractivity contribution in [3.8, 4) is 5.69 Å². The molecule has 4 nitrogen and oxygen atoms in total. The van der Waals surface area contributed by atoms with E-state index in [1.54, 1.807) is 0 Å². The number of pyridine rings is 1. The van der Waals surface area contributed by atoms with Crippen LogP contribution in [0.15, 0.2) is 97.5 Å². The highest BCUT2D eigenvalue weighted by atomic mass is 32.1. The Balaban J connectivity index is 1.60. The highest BCUT2D eigenvalue weighted by molar-refractivity contribution is 7.80. The molecule has 0 amide bonds. The molecule has 5 rings (SSSR count). The summed E-state index contributed by atoms with van der Waals surface area (Å²) in [7, 11) is 0. The van der Waals surface area contributed by atoms with E-state index in [4.69, 9.17) is 12.2 Å². The Morgan fingerprint density at radius 1 is 0.867 bits per heavy atom. The first-order valence-corrected chi connectivity index (χ1v) is 10.4. The number of nitrogens with one attached hydrogen (secondary N) is 1. The van der Waals surface area contributed by atoms with Gasteiger partial charge in [0.05, 0.1) is 17.8 Å². The third kappa shape index (κ3) is 3.37. The summed E-state index contributed by atoms with van der Waals surface area (Å²) in [5.74, 6) is 0. The van der Waals surface area contributed by atoms with Crippen LogP contribution >= 0.6 is 12.2 Å². The van der Waals surface area contributed by atoms with Crippen LogP contribution < -0.4 is 10.2 Å². The van der Waals surface area contributed by atoms with Gasteiger partial charge in [-0.3, -0.25) is 4.98 Å². The first-order valence-electron chi connectivity index (χ1n) is 10.0. The first kappa shape index (κ1) is 18.6. The summed E-state index contributed by atoms with van der Waals surface area (Å²) in [4.78, 5) is 6.83. The summed E-state index contributed by atoms with van der Waals surface area (Å²) in [5.41, 5.74) is 5.60. The molecule has 0 saturated carbocycles. The standard InChI is InChI=1S/C25H22N4S/c1-18-10-12-21(13-11-18)29-24(23(27-25(29)30)22-9-5-6-15-26-22)19-14-16-28(17-19)20-7-3-2-4-8-20/h2-17,23-24H,1H3,(H,27,30). The van der Waals surface area contributed by atoms with Gasteiger partial charge in [0.25, 0.3) is 0 Å². The lowest BCUT2D eigenvalue weighted by atomic mass is 9.98. The number of anilines is 1. The molecule has 1 N–H and O–H groups in total. The molecule has 0 aliphatic carbocycles. The van der Waals surface area contributed by atoms with Gasteiger partial charge in [-0.1, -0.05) is 42.0 Å². The maximum absolute atomic E-state index is 5.79. The zero-order chi connectivity index (χ0) is 20.5. The number of para-hydroxylation sites is 1. The van der Waals surface area contributed by atoms with E-state index in [-0.39, 0.29) is 12.1 Å². The summed E-state index contributed by atoms with van der Waals surface area (Å²) in [6, 6.07) is 27.0. The van der Waals surface area contributed by atoms with Crippen molar-refractivity contribution < 1.29 is 0 Å². The molecule has 4 aromatic rings. The maximum atomic E-state index is 5.79. The highest BCUT2D eigenvalue weighted by Crippen LogP contribution is 2.41. The summed E-state index contributed by atoms with van der Waals surface area (Å²) >= 11 is 5.79. The summed E-state index contributed by atoms with van der Waals surface area (Å²) in [5, 5.41) is 4.23. The quantitative estimate of drug-likeness (QED) is 0.459. The number of benzene rings is 2. The second-order valence-electron chi connectivity index (χ2n) is 7.52. The molecule has 30 heavy (non-hydrogen) atoms. The number of aryl methyl sites for hydroxylation is 1. The molecule has 148 valence electrons. The number of rotatable bonds is 4. The van der Waals surface area contributed by atoms with E-state index in [9.17, 15) is 0 Å². The first-order chi connectivity index (χ1) is 14.7. The average molecular weight is 411 g/mol. The summed E-state index contributed by atoms with van der Waals surface area (Å²) in [6.45, 7) is 2.10. The third-order valence-corrected chi connectivity index (χ3v) is 5.84. The molecule has 2 aromatic carbocycles. The fourth-order valence-corrected chi connectivity index (χ4v) is 4.37. The Kier molecular flexibility index (Phi) is 4.81. The van der Waals surface area contributed by atoms with Crippen LogP contribution in [0.1, 0.15) is 28.9 Å². The molecule has 3 heterocycles. The Labute approximate surface area is 181 Å². The van der Waals surface area contributed by atoms with Gasteiger partial charge in [-0.25, -0.2) is 0 Å². The molecule has 0 bridgehead atoms. The predicted molar refractivity (Wildman–Crippen MR) is 125 cm³/mol. The van der Waals surface area contributed by atoms with Gasteiger partial charge in [0.15, 0.2) is 5.11 Å². The van der Waals surface area contributed by atoms with Crippen LogP contribution in [0, 0.1) is 6.92 Å². The predicted octanol–water partition coefficient (Wildman–Crippen LogP) is 5.36. The minimum absolute atomic E-state index is 0.0000633. The van der Waals surface area contributed by atoms with Gasteiger partial charge < -0.3 is 14.8 Å². The largest absolute Gasteiger partial charge is 0.351 e. The second kappa shape index (κ2) is 7.76. The lowest BCUT2D eigenvalue weighted by Gasteiger charge is -2.27. The van der Waals surface area contributed by atoms with Crippen LogP contribution in [0.25, 0.3) is 5.69 Å². The summed E-state index contributed by atoms with van der Waals surface area (Å²) < 4.78 is 2.15. The number of thiocarbonyl (C=S) groups is 1. The van der Waals surface area contributed by atoms with E-state index in [1.807, 2.05) is 24.4 Å². The van der Waals surface area contributed by atoms with E-state index >= 15 is 0 Å². The Hall–Kier alpha value is -3.44. The van der Waals surface area contributed by atoms with Crippen LogP contribution in [0.5, 0.6) is 0 Å². The fraction of sp³-hybridized carbons (Fsp3) is 0.120. The van der Waals surface area contributed by atoms with Gasteiger partial charge in [0.2, 0.25) is 0 Å². The highest BCUT2D eigenvalue weighted by Gasteiger charge is 2.41. The molecule has 1 aliphatic rings. The minimum atomic E-state index is -0.0355. The number of hydrogen-bond donors (Lipinski definition) is 1. The molecule has 5 heteroatoms. The van der Waals surface area contributed by atoms with Crippen LogP contribution in [0.4, 0.5) is 5.69 Å². The lowest BCUT2D eigenvalue weighted by Crippen LogP contribution is -2.29. The molecule has 2 atom stereocenters. The third-order valence-electron chi connectivity index (χ3n) is 5.52. The average Bonchev–Trinajstić information content (AvgIpc) is 3.40. The smallest absolute Gasteiger partial charge is 0.174 e. The van der Waals surface area contributed by atoms with E-state index in [1.165, 1.54) is 11.1 Å². The van der Waals surface area contributed by atoms with Crippen LogP contribution in [0.3, 0.4) is 0 Å². The van der Waals surface area contributed by atoms with Crippen LogP contribution in [-0.2, 0) is 0 Å². The van der Waals surface area contributed by atoms with Crippen molar-refractivity contribution in [1.82, 2.24) is 14.9 Å². The molecule has 1 fully saturated rings. The number of hydrogen-bond acceptors (Lipinski definition) is 2. The lowest BCUT2D eigenvalue weighted by molar-refractivity contribution is 0.568. The van der Waals surface area contributed by atoms with Crippen molar-refractivity contribution in [2.24, 2.45) is 0 Å². The molecule has 2 unspecified atom stereocenters. The minimum Gasteiger partial charge on any atom is -0.351 e. The van der Waals surface area contributed by atoms with Gasteiger partial charge in [-0.05, 0) is 67.2 Å². The van der Waals surface area contributed by atoms with Crippen molar-refractivity contribution in [2.75, 3.05) is 4.90 Å². The van der Waals surface area contributed by atoms with E-state index in [0.29, 0.717) is 5.11 Å². The zero-order valence-electron chi connectivity index (χ0n) is 16.6. The van der Waals surface area contributed by atoms with Crippen molar-refractivity contribution in [2.45, 2.75) is 19.0 Å². The Morgan fingerprint density at radius 3 is 2.37 bits per heavy atom. The monoisotopic (exact) mass is 410 g/mol. The van der Waals surface area contributed by atoms with Crippen LogP contribution in [-0.4, -0.2) is 14.7 Å². The Bertz CT molecular complexity index is 1150. The topological polar surface area (TPSA) is 33.1 Å². The molecule has 2 aromatic heterocycles. The van der Waals surface area contributed by atoms with E-state index in [2.05, 4.69) is 99.7 Å². The second-order valence-corrected chi connectivity index (χ2v) is 7.91. The molecule has 1 aliphatic heterocycles. The Morgan fingerprint density at radius 2 is 1.63 bits per heavy atom. The van der Waals surface area contributed by atoms with Crippen molar-refractivity contribution in [1.29, 1.82) is 0 Å². The van der Waals surface area contributed by atoms with Crippen LogP contribution in [0.2, 0.25) is 0 Å². The van der Waals surface area contributed by atoms with Gasteiger partial charge in [0.1, 0.15) is 0 Å². The SMILES string of the molecule is Cc1ccc(N2C(=S)NC(c3ccccn3)C2c2ccn(-c3ccccc3)c2)cc1. The van der Waals surface area contributed by atoms with Crippen molar-refractivity contribution in [3.63, 3.8) is 0 Å². The van der Waals surface area contributed by atoms with Gasteiger partial charge in [0, 0.05) is 30.0 Å². The summed E-state index contributed by atoms with van der Waals surface area (Å²) in [6.07, 6.45) is 6.13. The van der Waals surface area contributed by atoms with Gasteiger partial charge in [-0.2, -0.15) is 0 Å². The molecular formula is C25H22N4S. The van der Waals surface area contributed by atoms with E-state index in [0.717, 1.165) is 17.1 Å². The number of aromatic nitrogens is 2. The van der Waals surface area contributed by atoms with Gasteiger partial charge >= 0.3 is 0 Å². The molecule has 0 spiro atoms. The number of nitrogens with zero attached hydrogens (tertiary/aromatic N) is 3. The zero-order valence-corrected chi connectivity index (χ0v) is 17.5. The maximum Gasteiger partial charge on any atom is 0.174 e. The molecule has 1 saturated heterocycles.